The van der Waals surface area contributed by atoms with E-state index in [0.29, 0.717) is 0 Å². The third-order valence-electron chi connectivity index (χ3n) is 2.04. The Hall–Kier alpha value is -1.14. The van der Waals surface area contributed by atoms with Gasteiger partial charge in [0, 0.05) is 19.2 Å². The lowest BCUT2D eigenvalue weighted by molar-refractivity contribution is -0.140. The predicted molar refractivity (Wildman–Crippen MR) is 63.8 cm³/mol. The number of nitrogens with one attached hydrogen (secondary N) is 2. The molecule has 0 aromatic rings. The Labute approximate surface area is 102 Å². The van der Waals surface area contributed by atoms with Crippen LogP contribution >= 0.6 is 0 Å². The topological polar surface area (TPSA) is 87.7 Å². The second-order valence-corrected chi connectivity index (χ2v) is 4.86. The van der Waals surface area contributed by atoms with E-state index in [1.807, 2.05) is 20.8 Å². The van der Waals surface area contributed by atoms with Gasteiger partial charge >= 0.3 is 5.97 Å². The molecule has 6 heteroatoms. The van der Waals surface area contributed by atoms with Crippen LogP contribution in [-0.2, 0) is 14.3 Å². The first-order valence-corrected chi connectivity index (χ1v) is 5.51. The first-order chi connectivity index (χ1) is 7.74. The van der Waals surface area contributed by atoms with E-state index >= 15 is 0 Å². The number of rotatable bonds is 7. The Kier molecular flexibility index (Phi) is 6.75. The van der Waals surface area contributed by atoms with Crippen LogP contribution in [0, 0.1) is 0 Å². The predicted octanol–water partition coefficient (Wildman–Crippen LogP) is -0.0196. The molecule has 0 fully saturated rings. The van der Waals surface area contributed by atoms with Gasteiger partial charge in [0.15, 0.2) is 0 Å². The zero-order chi connectivity index (χ0) is 13.5. The third kappa shape index (κ3) is 9.77. The van der Waals surface area contributed by atoms with E-state index in [1.54, 1.807) is 0 Å². The van der Waals surface area contributed by atoms with E-state index in [0.717, 1.165) is 0 Å². The Balaban J connectivity index is 3.85. The van der Waals surface area contributed by atoms with E-state index < -0.39 is 12.1 Å². The molecule has 0 spiro atoms. The van der Waals surface area contributed by atoms with Crippen LogP contribution in [0.25, 0.3) is 0 Å². The number of carboxylic acid groups (broad SMARTS) is 1. The molecule has 0 aliphatic rings. The minimum atomic E-state index is -0.945. The van der Waals surface area contributed by atoms with Gasteiger partial charge in [-0.05, 0) is 20.8 Å². The molecule has 1 unspecified atom stereocenters. The van der Waals surface area contributed by atoms with E-state index in [1.165, 1.54) is 7.11 Å². The maximum absolute atomic E-state index is 11.4. The Bertz CT molecular complexity index is 261. The summed E-state index contributed by atoms with van der Waals surface area (Å²) in [5.74, 6) is -1.12. The summed E-state index contributed by atoms with van der Waals surface area (Å²) in [6.45, 7) is 6.29. The fourth-order valence-electron chi connectivity index (χ4n) is 1.07. The van der Waals surface area contributed by atoms with Crippen molar-refractivity contribution < 1.29 is 19.4 Å². The first kappa shape index (κ1) is 15.9. The lowest BCUT2D eigenvalue weighted by Gasteiger charge is -2.20. The molecule has 1 atom stereocenters. The Morgan fingerprint density at radius 3 is 2.35 bits per heavy atom. The molecular weight excluding hydrogens is 224 g/mol. The zero-order valence-corrected chi connectivity index (χ0v) is 10.9. The van der Waals surface area contributed by atoms with Crippen LogP contribution < -0.4 is 10.6 Å². The second-order valence-electron chi connectivity index (χ2n) is 4.86. The number of carbonyl (C=O) groups is 2. The summed E-state index contributed by atoms with van der Waals surface area (Å²) in [4.78, 5) is 21.9. The zero-order valence-electron chi connectivity index (χ0n) is 10.9. The standard InChI is InChI=1S/C11H22N2O4/c1-11(2,3)13-7-9(14)12-6-8(17-4)5-10(15)16/h8,13H,5-7H2,1-4H3,(H,12,14)(H,15,16). The number of ether oxygens (including phenoxy) is 1. The molecule has 0 saturated heterocycles. The summed E-state index contributed by atoms with van der Waals surface area (Å²) in [6.07, 6.45) is -0.616. The summed E-state index contributed by atoms with van der Waals surface area (Å²) in [5, 5.41) is 14.2. The fourth-order valence-corrected chi connectivity index (χ4v) is 1.07. The number of carboxylic acids is 1. The van der Waals surface area contributed by atoms with Crippen molar-refractivity contribution in [1.29, 1.82) is 0 Å². The SMILES string of the molecule is COC(CNC(=O)CNC(C)(C)C)CC(=O)O. The molecule has 0 saturated carbocycles. The van der Waals surface area contributed by atoms with Crippen molar-refractivity contribution >= 4 is 11.9 Å². The average molecular weight is 246 g/mol. The van der Waals surface area contributed by atoms with Gasteiger partial charge in [-0.15, -0.1) is 0 Å². The number of hydrogen-bond donors (Lipinski definition) is 3. The summed E-state index contributed by atoms with van der Waals surface area (Å²) in [6, 6.07) is 0. The number of carbonyl (C=O) groups excluding carboxylic acids is 1. The molecule has 0 aliphatic carbocycles. The van der Waals surface area contributed by atoms with E-state index in [4.69, 9.17) is 9.84 Å². The minimum absolute atomic E-state index is 0.122. The van der Waals surface area contributed by atoms with Crippen molar-refractivity contribution in [3.8, 4) is 0 Å². The number of amides is 1. The summed E-state index contributed by atoms with van der Waals surface area (Å²) in [7, 11) is 1.42. The first-order valence-electron chi connectivity index (χ1n) is 5.51. The number of methoxy groups -OCH3 is 1. The largest absolute Gasteiger partial charge is 0.481 e. The van der Waals surface area contributed by atoms with Gasteiger partial charge in [-0.2, -0.15) is 0 Å². The van der Waals surface area contributed by atoms with Crippen LogP contribution in [0.4, 0.5) is 0 Å². The molecule has 0 radical (unpaired) electrons. The molecule has 1 amide bonds. The highest BCUT2D eigenvalue weighted by molar-refractivity contribution is 5.78. The highest BCUT2D eigenvalue weighted by atomic mass is 16.5. The number of aliphatic carboxylic acids is 1. The average Bonchev–Trinajstić information content (AvgIpc) is 2.19. The minimum Gasteiger partial charge on any atom is -0.481 e. The Morgan fingerprint density at radius 2 is 1.94 bits per heavy atom. The fraction of sp³-hybridized carbons (Fsp3) is 0.818. The van der Waals surface area contributed by atoms with E-state index in [-0.39, 0.29) is 31.0 Å². The molecule has 0 aromatic carbocycles. The van der Waals surface area contributed by atoms with Gasteiger partial charge in [-0.25, -0.2) is 0 Å². The van der Waals surface area contributed by atoms with Crippen LogP contribution in [0.2, 0.25) is 0 Å². The third-order valence-corrected chi connectivity index (χ3v) is 2.04. The summed E-state index contributed by atoms with van der Waals surface area (Å²) in [5.41, 5.74) is -0.126. The molecule has 0 aromatic heterocycles. The second kappa shape index (κ2) is 7.24. The van der Waals surface area contributed by atoms with E-state index in [2.05, 4.69) is 10.6 Å². The van der Waals surface area contributed by atoms with Gasteiger partial charge < -0.3 is 20.5 Å². The molecule has 17 heavy (non-hydrogen) atoms. The van der Waals surface area contributed by atoms with Crippen molar-refractivity contribution in [2.24, 2.45) is 0 Å². The van der Waals surface area contributed by atoms with Gasteiger partial charge in [0.05, 0.1) is 19.1 Å². The quantitative estimate of drug-likeness (QED) is 0.587. The highest BCUT2D eigenvalue weighted by Gasteiger charge is 2.15. The summed E-state index contributed by atoms with van der Waals surface area (Å²) < 4.78 is 4.94. The van der Waals surface area contributed by atoms with Crippen LogP contribution in [0.1, 0.15) is 27.2 Å². The molecule has 0 heterocycles. The van der Waals surface area contributed by atoms with Gasteiger partial charge in [0.25, 0.3) is 0 Å². The maximum Gasteiger partial charge on any atom is 0.306 e. The van der Waals surface area contributed by atoms with Gasteiger partial charge in [0.1, 0.15) is 0 Å². The molecule has 0 rings (SSSR count). The highest BCUT2D eigenvalue weighted by Crippen LogP contribution is 1.97. The van der Waals surface area contributed by atoms with Crippen molar-refractivity contribution in [3.63, 3.8) is 0 Å². The molecule has 100 valence electrons. The molecule has 3 N–H and O–H groups in total. The van der Waals surface area contributed by atoms with Crippen molar-refractivity contribution in [2.75, 3.05) is 20.2 Å². The van der Waals surface area contributed by atoms with Crippen LogP contribution in [0.5, 0.6) is 0 Å². The van der Waals surface area contributed by atoms with Gasteiger partial charge in [0.2, 0.25) is 5.91 Å². The van der Waals surface area contributed by atoms with Crippen LogP contribution in [0.3, 0.4) is 0 Å². The lowest BCUT2D eigenvalue weighted by Crippen LogP contribution is -2.45. The van der Waals surface area contributed by atoms with Crippen molar-refractivity contribution in [3.05, 3.63) is 0 Å². The monoisotopic (exact) mass is 246 g/mol. The molecule has 0 aliphatic heterocycles. The van der Waals surface area contributed by atoms with Crippen molar-refractivity contribution in [2.45, 2.75) is 38.8 Å². The summed E-state index contributed by atoms with van der Waals surface area (Å²) >= 11 is 0. The maximum atomic E-state index is 11.4. The van der Waals surface area contributed by atoms with Gasteiger partial charge in [-0.1, -0.05) is 0 Å². The van der Waals surface area contributed by atoms with E-state index in [9.17, 15) is 9.59 Å². The van der Waals surface area contributed by atoms with Crippen LogP contribution in [0.15, 0.2) is 0 Å². The molecular formula is C11H22N2O4. The molecule has 0 bridgehead atoms. The Morgan fingerprint density at radius 1 is 1.35 bits per heavy atom. The van der Waals surface area contributed by atoms with Crippen LogP contribution in [-0.4, -0.2) is 48.8 Å². The smallest absolute Gasteiger partial charge is 0.306 e. The molecule has 6 nitrogen and oxygen atoms in total. The van der Waals surface area contributed by atoms with Crippen molar-refractivity contribution in [1.82, 2.24) is 10.6 Å². The van der Waals surface area contributed by atoms with Gasteiger partial charge in [-0.3, -0.25) is 9.59 Å². The normalized spacial score (nSPS) is 13.2. The lowest BCUT2D eigenvalue weighted by atomic mass is 10.1. The number of hydrogen-bond acceptors (Lipinski definition) is 4.